The number of nitrogens with zero attached hydrogens (tertiary/aromatic N) is 2. The highest BCUT2D eigenvalue weighted by Crippen LogP contribution is 2.18. The van der Waals surface area contributed by atoms with E-state index in [1.54, 1.807) is 0 Å². The molecule has 0 spiro atoms. The quantitative estimate of drug-likeness (QED) is 0.803. The molecule has 9 heteroatoms. The topological polar surface area (TPSA) is 111 Å². The van der Waals surface area contributed by atoms with E-state index in [4.69, 9.17) is 10.2 Å². The van der Waals surface area contributed by atoms with Gasteiger partial charge in [-0.1, -0.05) is 5.10 Å². The molecule has 0 amide bonds. The molecular formula is C9H9FN4O3S. The van der Waals surface area contributed by atoms with Gasteiger partial charge in [0.1, 0.15) is 5.82 Å². The lowest BCUT2D eigenvalue weighted by molar-refractivity contribution is 0.534. The fourth-order valence-electron chi connectivity index (χ4n) is 1.25. The van der Waals surface area contributed by atoms with Gasteiger partial charge < -0.3 is 10.2 Å². The summed E-state index contributed by atoms with van der Waals surface area (Å²) in [4.78, 5) is -0.323. The van der Waals surface area contributed by atoms with Crippen LogP contribution in [0.3, 0.4) is 0 Å². The fraction of sp³-hybridized carbons (Fsp3) is 0.111. The van der Waals surface area contributed by atoms with Crippen LogP contribution in [-0.4, -0.2) is 18.6 Å². The maximum atomic E-state index is 13.1. The Hall–Kier alpha value is -2.16. The number of anilines is 2. The van der Waals surface area contributed by atoms with Crippen molar-refractivity contribution < 1.29 is 17.2 Å². The van der Waals surface area contributed by atoms with Crippen LogP contribution in [0.25, 0.3) is 0 Å². The Balaban J connectivity index is 2.36. The van der Waals surface area contributed by atoms with Crippen molar-refractivity contribution in [1.29, 1.82) is 0 Å². The van der Waals surface area contributed by atoms with Crippen molar-refractivity contribution >= 4 is 21.7 Å². The van der Waals surface area contributed by atoms with Crippen LogP contribution in [0, 0.1) is 12.7 Å². The lowest BCUT2D eigenvalue weighted by Gasteiger charge is -2.05. The smallest absolute Gasteiger partial charge is 0.329 e. The number of nitrogen functional groups attached to an aromatic ring is 1. The number of halogens is 1. The molecular weight excluding hydrogens is 263 g/mol. The van der Waals surface area contributed by atoms with Gasteiger partial charge in [-0.05, 0) is 18.2 Å². The summed E-state index contributed by atoms with van der Waals surface area (Å²) in [5, 5.41) is 6.93. The summed E-state index contributed by atoms with van der Waals surface area (Å²) in [6, 6.07) is 2.67. The van der Waals surface area contributed by atoms with Crippen LogP contribution >= 0.6 is 0 Å². The largest absolute Gasteiger partial charge is 0.408 e. The molecule has 0 atom stereocenters. The lowest BCUT2D eigenvalue weighted by atomic mass is 10.3. The van der Waals surface area contributed by atoms with Crippen LogP contribution in [0.1, 0.15) is 5.89 Å². The molecule has 0 bridgehead atoms. The van der Waals surface area contributed by atoms with E-state index in [1.165, 1.54) is 6.92 Å². The molecule has 3 N–H and O–H groups in total. The minimum Gasteiger partial charge on any atom is -0.408 e. The van der Waals surface area contributed by atoms with Gasteiger partial charge >= 0.3 is 6.01 Å². The van der Waals surface area contributed by atoms with Crippen molar-refractivity contribution in [1.82, 2.24) is 10.2 Å². The summed E-state index contributed by atoms with van der Waals surface area (Å²) in [7, 11) is -4.01. The molecule has 0 fully saturated rings. The summed E-state index contributed by atoms with van der Waals surface area (Å²) >= 11 is 0. The van der Waals surface area contributed by atoms with Crippen molar-refractivity contribution in [3.63, 3.8) is 0 Å². The second-order valence-corrected chi connectivity index (χ2v) is 5.13. The number of sulfonamides is 1. The Morgan fingerprint density at radius 1 is 1.33 bits per heavy atom. The van der Waals surface area contributed by atoms with E-state index in [1.807, 2.05) is 4.72 Å². The third kappa shape index (κ3) is 2.56. The van der Waals surface area contributed by atoms with Crippen LogP contribution in [-0.2, 0) is 10.0 Å². The van der Waals surface area contributed by atoms with Gasteiger partial charge in [0.15, 0.2) is 0 Å². The van der Waals surface area contributed by atoms with Crippen molar-refractivity contribution in [2.45, 2.75) is 11.8 Å². The van der Waals surface area contributed by atoms with Crippen LogP contribution in [0.4, 0.5) is 16.1 Å². The predicted octanol–water partition coefficient (Wildman–Crippen LogP) is 0.900. The molecule has 0 aliphatic rings. The number of hydrogen-bond acceptors (Lipinski definition) is 6. The maximum Gasteiger partial charge on any atom is 0.329 e. The molecule has 2 aromatic rings. The zero-order chi connectivity index (χ0) is 13.3. The molecule has 1 aromatic heterocycles. The lowest BCUT2D eigenvalue weighted by Crippen LogP contribution is -2.13. The summed E-state index contributed by atoms with van der Waals surface area (Å²) in [5.74, 6) is -0.552. The number of nitrogens with two attached hydrogens (primary N) is 1. The fourth-order valence-corrected chi connectivity index (χ4v) is 2.24. The van der Waals surface area contributed by atoms with E-state index in [2.05, 4.69) is 10.2 Å². The summed E-state index contributed by atoms with van der Waals surface area (Å²) < 4.78 is 43.7. The average Bonchev–Trinajstić information content (AvgIpc) is 2.61. The summed E-state index contributed by atoms with van der Waals surface area (Å²) in [5.41, 5.74) is 5.37. The van der Waals surface area contributed by atoms with Gasteiger partial charge in [0.25, 0.3) is 10.0 Å². The highest BCUT2D eigenvalue weighted by Gasteiger charge is 2.18. The molecule has 0 saturated carbocycles. The standard InChI is InChI=1S/C9H9FN4O3S/c1-5-12-13-9(17-5)14-18(15,16)8-3-6(10)2-7(11)4-8/h2-4H,11H2,1H3,(H,13,14). The molecule has 1 heterocycles. The Labute approximate surface area is 102 Å². The zero-order valence-corrected chi connectivity index (χ0v) is 10.0. The van der Waals surface area contributed by atoms with Gasteiger partial charge in [0.05, 0.1) is 4.90 Å². The first kappa shape index (κ1) is 12.3. The van der Waals surface area contributed by atoms with Crippen molar-refractivity contribution in [3.05, 3.63) is 29.9 Å². The number of rotatable bonds is 3. The van der Waals surface area contributed by atoms with Crippen LogP contribution in [0.15, 0.2) is 27.5 Å². The van der Waals surface area contributed by atoms with Crippen LogP contribution in [0.2, 0.25) is 0 Å². The summed E-state index contributed by atoms with van der Waals surface area (Å²) in [6.45, 7) is 1.50. The van der Waals surface area contributed by atoms with Crippen molar-refractivity contribution in [2.24, 2.45) is 0 Å². The number of nitrogens with one attached hydrogen (secondary N) is 1. The van der Waals surface area contributed by atoms with E-state index in [0.717, 1.165) is 18.2 Å². The van der Waals surface area contributed by atoms with Gasteiger partial charge in [-0.25, -0.2) is 17.5 Å². The Kier molecular flexibility index (Phi) is 2.91. The van der Waals surface area contributed by atoms with E-state index in [0.29, 0.717) is 0 Å². The first-order chi connectivity index (χ1) is 8.37. The number of aromatic nitrogens is 2. The third-order valence-electron chi connectivity index (χ3n) is 1.95. The van der Waals surface area contributed by atoms with E-state index in [9.17, 15) is 12.8 Å². The Morgan fingerprint density at radius 3 is 2.61 bits per heavy atom. The Morgan fingerprint density at radius 2 is 2.06 bits per heavy atom. The van der Waals surface area contributed by atoms with Crippen molar-refractivity contribution in [3.8, 4) is 0 Å². The molecule has 0 unspecified atom stereocenters. The molecule has 0 radical (unpaired) electrons. The Bertz CT molecular complexity index is 663. The average molecular weight is 272 g/mol. The monoisotopic (exact) mass is 272 g/mol. The van der Waals surface area contributed by atoms with Crippen LogP contribution in [0.5, 0.6) is 0 Å². The van der Waals surface area contributed by atoms with Gasteiger partial charge in [0, 0.05) is 12.6 Å². The number of hydrogen-bond donors (Lipinski definition) is 2. The van der Waals surface area contributed by atoms with E-state index >= 15 is 0 Å². The predicted molar refractivity (Wildman–Crippen MR) is 60.7 cm³/mol. The van der Waals surface area contributed by atoms with Crippen molar-refractivity contribution in [2.75, 3.05) is 10.5 Å². The maximum absolute atomic E-state index is 13.1. The molecule has 2 rings (SSSR count). The molecule has 1 aromatic carbocycles. The summed E-state index contributed by atoms with van der Waals surface area (Å²) in [6.07, 6.45) is 0. The third-order valence-corrected chi connectivity index (χ3v) is 3.25. The van der Waals surface area contributed by atoms with Crippen LogP contribution < -0.4 is 10.5 Å². The van der Waals surface area contributed by atoms with E-state index < -0.39 is 15.8 Å². The highest BCUT2D eigenvalue weighted by molar-refractivity contribution is 7.92. The SMILES string of the molecule is Cc1nnc(NS(=O)(=O)c2cc(N)cc(F)c2)o1. The van der Waals surface area contributed by atoms with Gasteiger partial charge in [-0.15, -0.1) is 5.10 Å². The first-order valence-corrected chi connectivity index (χ1v) is 6.24. The number of benzene rings is 1. The molecule has 96 valence electrons. The normalized spacial score (nSPS) is 11.4. The highest BCUT2D eigenvalue weighted by atomic mass is 32.2. The van der Waals surface area contributed by atoms with Gasteiger partial charge in [0.2, 0.25) is 5.89 Å². The van der Waals surface area contributed by atoms with Gasteiger partial charge in [-0.3, -0.25) is 0 Å². The molecule has 0 aliphatic carbocycles. The first-order valence-electron chi connectivity index (χ1n) is 4.76. The molecule has 18 heavy (non-hydrogen) atoms. The molecule has 0 saturated heterocycles. The second kappa shape index (κ2) is 4.26. The number of aryl methyl sites for hydroxylation is 1. The van der Waals surface area contributed by atoms with E-state index in [-0.39, 0.29) is 22.5 Å². The second-order valence-electron chi connectivity index (χ2n) is 3.45. The molecule has 0 aliphatic heterocycles. The zero-order valence-electron chi connectivity index (χ0n) is 9.21. The molecule has 7 nitrogen and oxygen atoms in total. The minimum atomic E-state index is -4.01. The van der Waals surface area contributed by atoms with Gasteiger partial charge in [-0.2, -0.15) is 0 Å². The minimum absolute atomic E-state index is 0.00270.